The van der Waals surface area contributed by atoms with Gasteiger partial charge in [-0.05, 0) is 25.2 Å². The van der Waals surface area contributed by atoms with Crippen LogP contribution in [0.25, 0.3) is 0 Å². The van der Waals surface area contributed by atoms with Crippen molar-refractivity contribution in [2.45, 2.75) is 51.6 Å². The maximum atomic E-state index is 6.79. The summed E-state index contributed by atoms with van der Waals surface area (Å²) in [5.74, 6) is 0. The lowest BCUT2D eigenvalue weighted by atomic mass is 10.2. The predicted octanol–water partition coefficient (Wildman–Crippen LogP) is 3.83. The van der Waals surface area contributed by atoms with Crippen molar-refractivity contribution in [2.75, 3.05) is 14.1 Å². The lowest BCUT2D eigenvalue weighted by Crippen LogP contribution is -2.51. The number of hydrogen-bond donors (Lipinski definition) is 0. The molecule has 0 saturated carbocycles. The van der Waals surface area contributed by atoms with E-state index in [9.17, 15) is 0 Å². The van der Waals surface area contributed by atoms with Gasteiger partial charge in [0.2, 0.25) is 7.55 Å². The highest BCUT2D eigenvalue weighted by Crippen LogP contribution is 2.43. The van der Waals surface area contributed by atoms with Crippen LogP contribution in [0.4, 0.5) is 0 Å². The average molecular weight is 222 g/mol. The van der Waals surface area contributed by atoms with Gasteiger partial charge in [0, 0.05) is 0 Å². The van der Waals surface area contributed by atoms with Crippen molar-refractivity contribution in [3.63, 3.8) is 0 Å². The largest absolute Gasteiger partial charge is 0.317 e. The van der Waals surface area contributed by atoms with Gasteiger partial charge in [0.05, 0.1) is 0 Å². The van der Waals surface area contributed by atoms with Gasteiger partial charge >= 0.3 is 0 Å². The van der Waals surface area contributed by atoms with Crippen LogP contribution in [0.5, 0.6) is 0 Å². The van der Waals surface area contributed by atoms with E-state index in [-0.39, 0.29) is 5.04 Å². The van der Waals surface area contributed by atoms with Gasteiger partial charge in [-0.3, -0.25) is 0 Å². The van der Waals surface area contributed by atoms with Crippen LogP contribution in [-0.4, -0.2) is 26.2 Å². The molecule has 0 fully saturated rings. The third-order valence-electron chi connectivity index (χ3n) is 2.72. The molecule has 0 aliphatic heterocycles. The molecule has 1 nitrogen and oxygen atoms in total. The Hall–Kier alpha value is 0.467. The summed E-state index contributed by atoms with van der Waals surface area (Å²) in [5, 5.41) is 0.257. The van der Waals surface area contributed by atoms with Gasteiger partial charge in [0.25, 0.3) is 0 Å². The molecular weight excluding hydrogens is 198 g/mol. The van der Waals surface area contributed by atoms with Gasteiger partial charge in [-0.2, -0.15) is 0 Å². The Morgan fingerprint density at radius 1 is 1.23 bits per heavy atom. The van der Waals surface area contributed by atoms with Crippen LogP contribution in [0.1, 0.15) is 40.5 Å². The van der Waals surface area contributed by atoms with Crippen LogP contribution in [-0.2, 0) is 0 Å². The topological polar surface area (TPSA) is 3.24 Å². The summed E-state index contributed by atoms with van der Waals surface area (Å²) in [6.45, 7) is 9.02. The fourth-order valence-electron chi connectivity index (χ4n) is 1.68. The standard InChI is InChI=1S/C10H24ClNSi/c1-7-8-9-13(11,12(5)6)10(2,3)4/h7-9H2,1-6H3. The average Bonchev–Trinajstić information content (AvgIpc) is 1.97. The highest BCUT2D eigenvalue weighted by atomic mass is 35.6. The Bertz CT molecular complexity index is 153. The molecule has 0 amide bonds. The molecule has 0 aromatic carbocycles. The summed E-state index contributed by atoms with van der Waals surface area (Å²) in [5.41, 5.74) is 0. The normalized spacial score (nSPS) is 17.5. The number of unbranched alkanes of at least 4 members (excludes halogenated alkanes) is 1. The second kappa shape index (κ2) is 4.81. The number of halogens is 1. The van der Waals surface area contributed by atoms with E-state index in [0.717, 1.165) is 0 Å². The Kier molecular flexibility index (Phi) is 4.98. The highest BCUT2D eigenvalue weighted by molar-refractivity contribution is 7.20. The molecule has 0 aliphatic carbocycles. The first-order valence-corrected chi connectivity index (χ1v) is 8.28. The molecule has 1 atom stereocenters. The minimum atomic E-state index is -1.74. The summed E-state index contributed by atoms with van der Waals surface area (Å²) in [6.07, 6.45) is 2.50. The second-order valence-electron chi connectivity index (χ2n) is 5.01. The van der Waals surface area contributed by atoms with Crippen LogP contribution in [0, 0.1) is 0 Å². The predicted molar refractivity (Wildman–Crippen MR) is 64.7 cm³/mol. The van der Waals surface area contributed by atoms with E-state index >= 15 is 0 Å². The monoisotopic (exact) mass is 221 g/mol. The highest BCUT2D eigenvalue weighted by Gasteiger charge is 2.44. The van der Waals surface area contributed by atoms with Crippen molar-refractivity contribution < 1.29 is 0 Å². The van der Waals surface area contributed by atoms with E-state index < -0.39 is 7.55 Å². The molecule has 0 aromatic heterocycles. The van der Waals surface area contributed by atoms with Crippen molar-refractivity contribution in [2.24, 2.45) is 0 Å². The summed E-state index contributed by atoms with van der Waals surface area (Å²) >= 11 is 6.79. The summed E-state index contributed by atoms with van der Waals surface area (Å²) in [6, 6.07) is 1.20. The van der Waals surface area contributed by atoms with Crippen molar-refractivity contribution in [1.82, 2.24) is 4.57 Å². The molecule has 1 unspecified atom stereocenters. The van der Waals surface area contributed by atoms with E-state index in [1.807, 2.05) is 0 Å². The van der Waals surface area contributed by atoms with Gasteiger partial charge in [-0.15, -0.1) is 11.1 Å². The van der Waals surface area contributed by atoms with E-state index in [1.165, 1.54) is 18.9 Å². The van der Waals surface area contributed by atoms with E-state index in [1.54, 1.807) is 0 Å². The quantitative estimate of drug-likeness (QED) is 0.515. The zero-order valence-corrected chi connectivity index (χ0v) is 11.7. The van der Waals surface area contributed by atoms with Gasteiger partial charge in [-0.25, -0.2) is 0 Å². The van der Waals surface area contributed by atoms with E-state index in [4.69, 9.17) is 11.1 Å². The molecule has 3 heteroatoms. The molecule has 13 heavy (non-hydrogen) atoms. The van der Waals surface area contributed by atoms with Gasteiger partial charge in [0.1, 0.15) is 0 Å². The molecule has 0 radical (unpaired) electrons. The van der Waals surface area contributed by atoms with E-state index in [2.05, 4.69) is 46.4 Å². The van der Waals surface area contributed by atoms with Gasteiger partial charge < -0.3 is 4.57 Å². The van der Waals surface area contributed by atoms with Gasteiger partial charge in [-0.1, -0.05) is 40.5 Å². The summed E-state index contributed by atoms with van der Waals surface area (Å²) in [4.78, 5) is 0. The Labute approximate surface area is 89.3 Å². The molecule has 0 rings (SSSR count). The Morgan fingerprint density at radius 3 is 1.92 bits per heavy atom. The van der Waals surface area contributed by atoms with Crippen LogP contribution in [0.15, 0.2) is 0 Å². The van der Waals surface area contributed by atoms with Crippen LogP contribution >= 0.6 is 11.1 Å². The lowest BCUT2D eigenvalue weighted by Gasteiger charge is -2.42. The maximum absolute atomic E-state index is 6.79. The molecule has 0 heterocycles. The molecule has 0 aromatic rings. The SMILES string of the molecule is CCCC[Si](Cl)(N(C)C)C(C)(C)C. The van der Waals surface area contributed by atoms with Crippen LogP contribution in [0.3, 0.4) is 0 Å². The molecule has 0 spiro atoms. The first-order chi connectivity index (χ1) is 5.75. The lowest BCUT2D eigenvalue weighted by molar-refractivity contribution is 0.551. The molecule has 0 aliphatic rings. The molecule has 80 valence electrons. The summed E-state index contributed by atoms with van der Waals surface area (Å²) < 4.78 is 2.28. The molecular formula is C10H24ClNSi. The first-order valence-electron chi connectivity index (χ1n) is 5.12. The molecule has 0 N–H and O–H groups in total. The molecule has 0 bridgehead atoms. The third kappa shape index (κ3) is 3.26. The maximum Gasteiger partial charge on any atom is 0.234 e. The number of nitrogens with zero attached hydrogens (tertiary/aromatic N) is 1. The van der Waals surface area contributed by atoms with Crippen molar-refractivity contribution in [3.05, 3.63) is 0 Å². The van der Waals surface area contributed by atoms with Crippen molar-refractivity contribution in [3.8, 4) is 0 Å². The van der Waals surface area contributed by atoms with Crippen LogP contribution in [0.2, 0.25) is 11.1 Å². The number of rotatable bonds is 4. The third-order valence-corrected chi connectivity index (χ3v) is 10.7. The Balaban J connectivity index is 4.54. The van der Waals surface area contributed by atoms with Crippen LogP contribution < -0.4 is 0 Å². The smallest absolute Gasteiger partial charge is 0.234 e. The zero-order chi connectivity index (χ0) is 10.7. The number of hydrogen-bond acceptors (Lipinski definition) is 1. The minimum absolute atomic E-state index is 0.257. The summed E-state index contributed by atoms with van der Waals surface area (Å²) in [7, 11) is 2.51. The fourth-order valence-corrected chi connectivity index (χ4v) is 5.44. The first kappa shape index (κ1) is 13.5. The molecule has 0 saturated heterocycles. The van der Waals surface area contributed by atoms with E-state index in [0.29, 0.717) is 0 Å². The van der Waals surface area contributed by atoms with Crippen molar-refractivity contribution >= 4 is 18.6 Å². The Morgan fingerprint density at radius 2 is 1.69 bits per heavy atom. The second-order valence-corrected chi connectivity index (χ2v) is 11.3. The zero-order valence-electron chi connectivity index (χ0n) is 9.95. The minimum Gasteiger partial charge on any atom is -0.317 e. The van der Waals surface area contributed by atoms with Gasteiger partial charge in [0.15, 0.2) is 0 Å². The van der Waals surface area contributed by atoms with Crippen molar-refractivity contribution in [1.29, 1.82) is 0 Å². The fraction of sp³-hybridized carbons (Fsp3) is 1.00.